The zero-order chi connectivity index (χ0) is 20.5. The summed E-state index contributed by atoms with van der Waals surface area (Å²) in [4.78, 5) is 13.8. The number of aromatic nitrogens is 2. The van der Waals surface area contributed by atoms with Crippen LogP contribution in [0, 0.1) is 0 Å². The molecule has 0 spiro atoms. The number of benzene rings is 1. The molecular formula is C23H20N4O2S. The molecule has 0 radical (unpaired) electrons. The number of para-hydroxylation sites is 1. The fourth-order valence-corrected chi connectivity index (χ4v) is 4.42. The van der Waals surface area contributed by atoms with Crippen molar-refractivity contribution in [3.8, 4) is 16.3 Å². The molecule has 4 aromatic rings. The summed E-state index contributed by atoms with van der Waals surface area (Å²) in [6, 6.07) is 17.5. The Balaban J connectivity index is 1.61. The van der Waals surface area contributed by atoms with Crippen LogP contribution in [-0.4, -0.2) is 26.4 Å². The molecule has 1 aliphatic heterocycles. The summed E-state index contributed by atoms with van der Waals surface area (Å²) in [6.07, 6.45) is 4.61. The normalized spacial score (nSPS) is 16.1. The van der Waals surface area contributed by atoms with Crippen molar-refractivity contribution in [3.05, 3.63) is 83.8 Å². The van der Waals surface area contributed by atoms with Crippen LogP contribution in [-0.2, 0) is 4.79 Å². The van der Waals surface area contributed by atoms with Gasteiger partial charge >= 0.3 is 0 Å². The van der Waals surface area contributed by atoms with Crippen LogP contribution in [0.5, 0.6) is 0 Å². The van der Waals surface area contributed by atoms with Crippen LogP contribution in [0.25, 0.3) is 16.3 Å². The first kappa shape index (κ1) is 18.6. The van der Waals surface area contributed by atoms with Gasteiger partial charge < -0.3 is 4.42 Å². The second-order valence-corrected chi connectivity index (χ2v) is 7.97. The van der Waals surface area contributed by atoms with Crippen molar-refractivity contribution in [1.82, 2.24) is 14.8 Å². The molecule has 5 rings (SSSR count). The fourth-order valence-electron chi connectivity index (χ4n) is 3.69. The van der Waals surface area contributed by atoms with Crippen LogP contribution in [0.2, 0.25) is 0 Å². The van der Waals surface area contributed by atoms with Gasteiger partial charge in [-0.15, -0.1) is 11.3 Å². The van der Waals surface area contributed by atoms with Gasteiger partial charge in [0.15, 0.2) is 0 Å². The van der Waals surface area contributed by atoms with E-state index in [2.05, 4.69) is 11.2 Å². The van der Waals surface area contributed by atoms with E-state index in [1.165, 1.54) is 0 Å². The van der Waals surface area contributed by atoms with E-state index in [0.29, 0.717) is 18.6 Å². The van der Waals surface area contributed by atoms with E-state index in [-0.39, 0.29) is 11.9 Å². The average molecular weight is 417 g/mol. The van der Waals surface area contributed by atoms with E-state index in [1.54, 1.807) is 22.6 Å². The van der Waals surface area contributed by atoms with Crippen LogP contribution in [0.4, 0.5) is 0 Å². The van der Waals surface area contributed by atoms with Gasteiger partial charge in [0, 0.05) is 24.6 Å². The summed E-state index contributed by atoms with van der Waals surface area (Å²) in [6.45, 7) is 1.85. The van der Waals surface area contributed by atoms with Crippen LogP contribution < -0.4 is 0 Å². The van der Waals surface area contributed by atoms with Gasteiger partial charge in [0.05, 0.1) is 22.9 Å². The number of nitrogens with zero attached hydrogens (tertiary/aromatic N) is 4. The largest absolute Gasteiger partial charge is 0.463 e. The minimum absolute atomic E-state index is 0.0221. The maximum atomic E-state index is 12.8. The van der Waals surface area contributed by atoms with E-state index in [4.69, 9.17) is 9.52 Å². The lowest BCUT2D eigenvalue weighted by Gasteiger charge is -2.21. The SMILES string of the molecule is CCC(=O)N1N=C(c2ccco2)C[C@@H]1c1cn(-c2ccccc2)nc1-c1cccs1. The lowest BCUT2D eigenvalue weighted by Crippen LogP contribution is -2.26. The predicted molar refractivity (Wildman–Crippen MR) is 117 cm³/mol. The lowest BCUT2D eigenvalue weighted by atomic mass is 10.0. The standard InChI is InChI=1S/C23H20N4O2S/c1-2-22(28)27-19(14-18(24-27)20-10-6-12-29-20)17-15-26(16-8-4-3-5-9-16)25-23(17)21-11-7-13-30-21/h3-13,15,19H,2,14H2,1H3/t19-/m1/s1. The van der Waals surface area contributed by atoms with E-state index < -0.39 is 0 Å². The molecule has 30 heavy (non-hydrogen) atoms. The van der Waals surface area contributed by atoms with Gasteiger partial charge in [-0.25, -0.2) is 9.69 Å². The molecule has 0 aliphatic carbocycles. The quantitative estimate of drug-likeness (QED) is 0.444. The number of hydrogen-bond acceptors (Lipinski definition) is 5. The molecule has 0 fully saturated rings. The minimum atomic E-state index is -0.230. The van der Waals surface area contributed by atoms with Crippen molar-refractivity contribution in [3.63, 3.8) is 0 Å². The number of hydrogen-bond donors (Lipinski definition) is 0. The Labute approximate surface area is 178 Å². The molecule has 0 saturated heterocycles. The highest BCUT2D eigenvalue weighted by atomic mass is 32.1. The Morgan fingerprint density at radius 2 is 2.03 bits per heavy atom. The molecular weight excluding hydrogens is 396 g/mol. The minimum Gasteiger partial charge on any atom is -0.463 e. The van der Waals surface area contributed by atoms with Crippen molar-refractivity contribution in [1.29, 1.82) is 0 Å². The molecule has 0 unspecified atom stereocenters. The molecule has 4 heterocycles. The Kier molecular flexibility index (Phi) is 4.80. The molecule has 6 nitrogen and oxygen atoms in total. The molecule has 0 bridgehead atoms. The number of thiophene rings is 1. The summed E-state index contributed by atoms with van der Waals surface area (Å²) in [5.74, 6) is 0.672. The van der Waals surface area contributed by atoms with Gasteiger partial charge in [-0.05, 0) is 35.7 Å². The molecule has 1 atom stereocenters. The number of carbonyl (C=O) groups is 1. The van der Waals surface area contributed by atoms with Crippen LogP contribution in [0.1, 0.15) is 37.1 Å². The predicted octanol–water partition coefficient (Wildman–Crippen LogP) is 5.28. The smallest absolute Gasteiger partial charge is 0.242 e. The highest BCUT2D eigenvalue weighted by Gasteiger charge is 2.36. The number of rotatable bonds is 5. The maximum absolute atomic E-state index is 12.8. The molecule has 150 valence electrons. The van der Waals surface area contributed by atoms with E-state index >= 15 is 0 Å². The van der Waals surface area contributed by atoms with Crippen molar-refractivity contribution in [2.24, 2.45) is 5.10 Å². The fraction of sp³-hybridized carbons (Fsp3) is 0.174. The second kappa shape index (κ2) is 7.76. The Morgan fingerprint density at radius 3 is 2.73 bits per heavy atom. The van der Waals surface area contributed by atoms with Gasteiger partial charge in [-0.1, -0.05) is 31.2 Å². The monoisotopic (exact) mass is 416 g/mol. The van der Waals surface area contributed by atoms with Crippen molar-refractivity contribution < 1.29 is 9.21 Å². The Hall–Kier alpha value is -3.45. The summed E-state index contributed by atoms with van der Waals surface area (Å²) in [7, 11) is 0. The van der Waals surface area contributed by atoms with E-state index in [1.807, 2.05) is 71.7 Å². The molecule has 0 N–H and O–H groups in total. The van der Waals surface area contributed by atoms with Gasteiger partial charge in [0.25, 0.3) is 0 Å². The van der Waals surface area contributed by atoms with Crippen molar-refractivity contribution in [2.75, 3.05) is 0 Å². The molecule has 3 aromatic heterocycles. The van der Waals surface area contributed by atoms with Crippen LogP contribution in [0.15, 0.2) is 82.0 Å². The zero-order valence-electron chi connectivity index (χ0n) is 16.4. The zero-order valence-corrected chi connectivity index (χ0v) is 17.2. The van der Waals surface area contributed by atoms with Crippen LogP contribution >= 0.6 is 11.3 Å². The number of amides is 1. The third-order valence-corrected chi connectivity index (χ3v) is 6.03. The lowest BCUT2D eigenvalue weighted by molar-refractivity contribution is -0.132. The first-order valence-electron chi connectivity index (χ1n) is 9.87. The van der Waals surface area contributed by atoms with Crippen molar-refractivity contribution >= 4 is 23.0 Å². The average Bonchev–Trinajstić information content (AvgIpc) is 3.57. The molecule has 0 saturated carbocycles. The molecule has 7 heteroatoms. The van der Waals surface area contributed by atoms with Gasteiger partial charge in [0.1, 0.15) is 17.2 Å². The Bertz CT molecular complexity index is 1180. The number of hydrazone groups is 1. The van der Waals surface area contributed by atoms with Gasteiger partial charge in [-0.3, -0.25) is 4.79 Å². The number of furan rings is 1. The number of carbonyl (C=O) groups excluding carboxylic acids is 1. The highest BCUT2D eigenvalue weighted by molar-refractivity contribution is 7.13. The first-order chi connectivity index (χ1) is 14.7. The first-order valence-corrected chi connectivity index (χ1v) is 10.7. The topological polar surface area (TPSA) is 63.6 Å². The molecule has 1 aromatic carbocycles. The molecule has 1 aliphatic rings. The third-order valence-electron chi connectivity index (χ3n) is 5.15. The van der Waals surface area contributed by atoms with Crippen LogP contribution in [0.3, 0.4) is 0 Å². The maximum Gasteiger partial charge on any atom is 0.242 e. The van der Waals surface area contributed by atoms with Crippen molar-refractivity contribution in [2.45, 2.75) is 25.8 Å². The summed E-state index contributed by atoms with van der Waals surface area (Å²) >= 11 is 1.64. The van der Waals surface area contributed by atoms with Gasteiger partial charge in [-0.2, -0.15) is 10.2 Å². The highest BCUT2D eigenvalue weighted by Crippen LogP contribution is 2.39. The van der Waals surface area contributed by atoms with E-state index in [0.717, 1.165) is 27.5 Å². The Morgan fingerprint density at radius 1 is 1.17 bits per heavy atom. The molecule has 1 amide bonds. The van der Waals surface area contributed by atoms with E-state index in [9.17, 15) is 4.79 Å². The summed E-state index contributed by atoms with van der Waals surface area (Å²) < 4.78 is 7.43. The second-order valence-electron chi connectivity index (χ2n) is 7.03. The van der Waals surface area contributed by atoms with Gasteiger partial charge in [0.2, 0.25) is 5.91 Å². The summed E-state index contributed by atoms with van der Waals surface area (Å²) in [5.41, 5.74) is 3.61. The summed E-state index contributed by atoms with van der Waals surface area (Å²) in [5, 5.41) is 13.2. The third kappa shape index (κ3) is 3.27.